The first-order valence-electron chi connectivity index (χ1n) is 7.89. The molecule has 1 aliphatic rings. The Bertz CT molecular complexity index is 794. The van der Waals surface area contributed by atoms with Crippen LogP contribution in [0, 0.1) is 0 Å². The maximum Gasteiger partial charge on any atom is 0.410 e. The second kappa shape index (κ2) is 6.76. The van der Waals surface area contributed by atoms with Crippen molar-refractivity contribution in [2.75, 3.05) is 12.3 Å². The average Bonchev–Trinajstić information content (AvgIpc) is 2.98. The molecule has 2 heterocycles. The van der Waals surface area contributed by atoms with Crippen molar-refractivity contribution in [3.63, 3.8) is 0 Å². The number of hydrogen-bond acceptors (Lipinski definition) is 5. The molecular formula is C17H19BrN4O2. The number of hydrogen-bond donors (Lipinski definition) is 1. The van der Waals surface area contributed by atoms with Crippen LogP contribution >= 0.6 is 15.9 Å². The number of aromatic nitrogens is 2. The van der Waals surface area contributed by atoms with E-state index in [0.29, 0.717) is 19.7 Å². The first-order chi connectivity index (χ1) is 11.5. The summed E-state index contributed by atoms with van der Waals surface area (Å²) in [4.78, 5) is 22.4. The van der Waals surface area contributed by atoms with E-state index < -0.39 is 0 Å². The van der Waals surface area contributed by atoms with Gasteiger partial charge in [0.05, 0.1) is 31.1 Å². The van der Waals surface area contributed by atoms with Crippen LogP contribution in [0.25, 0.3) is 11.3 Å². The third-order valence-corrected chi connectivity index (χ3v) is 4.52. The monoisotopic (exact) mass is 390 g/mol. The molecule has 2 aromatic rings. The highest BCUT2D eigenvalue weighted by molar-refractivity contribution is 9.10. The quantitative estimate of drug-likeness (QED) is 0.866. The van der Waals surface area contributed by atoms with Gasteiger partial charge in [-0.1, -0.05) is 28.9 Å². The predicted octanol–water partition coefficient (Wildman–Crippen LogP) is 3.52. The lowest BCUT2D eigenvalue weighted by Gasteiger charge is -2.14. The van der Waals surface area contributed by atoms with E-state index in [0.717, 1.165) is 33.4 Å². The fourth-order valence-electron chi connectivity index (χ4n) is 2.93. The first-order valence-corrected chi connectivity index (χ1v) is 8.68. The van der Waals surface area contributed by atoms with Gasteiger partial charge in [0.2, 0.25) is 5.95 Å². The van der Waals surface area contributed by atoms with Gasteiger partial charge in [-0.15, -0.1) is 0 Å². The Balaban J connectivity index is 2.06. The molecule has 0 saturated carbocycles. The van der Waals surface area contributed by atoms with Gasteiger partial charge < -0.3 is 10.5 Å². The van der Waals surface area contributed by atoms with Crippen molar-refractivity contribution in [1.29, 1.82) is 0 Å². The fraction of sp³-hybridized carbons (Fsp3) is 0.353. The number of nitrogen functional groups attached to an aromatic ring is 1. The standard InChI is InChI=1S/C17H19BrN4O2/c1-3-10-7-11(18)5-6-12(10)15-13-8-22(17(23)24-4-2)9-14(13)20-16(19)21-15/h5-7H,3-4,8-9H2,1-2H3,(H2,19,20,21). The maximum absolute atomic E-state index is 12.0. The van der Waals surface area contributed by atoms with Gasteiger partial charge in [0, 0.05) is 15.6 Å². The summed E-state index contributed by atoms with van der Waals surface area (Å²) in [5.74, 6) is 0.222. The number of halogens is 1. The zero-order valence-corrected chi connectivity index (χ0v) is 15.3. The van der Waals surface area contributed by atoms with Crippen LogP contribution in [0.5, 0.6) is 0 Å². The Labute approximate surface area is 149 Å². The molecule has 6 nitrogen and oxygen atoms in total. The second-order valence-corrected chi connectivity index (χ2v) is 6.48. The van der Waals surface area contributed by atoms with Crippen LogP contribution in [0.1, 0.15) is 30.7 Å². The van der Waals surface area contributed by atoms with Crippen LogP contribution in [-0.2, 0) is 24.2 Å². The summed E-state index contributed by atoms with van der Waals surface area (Å²) in [6, 6.07) is 6.09. The zero-order valence-electron chi connectivity index (χ0n) is 13.7. The number of ether oxygens (including phenoxy) is 1. The molecule has 7 heteroatoms. The van der Waals surface area contributed by atoms with Crippen LogP contribution in [0.4, 0.5) is 10.7 Å². The van der Waals surface area contributed by atoms with Crippen molar-refractivity contribution in [2.24, 2.45) is 0 Å². The third kappa shape index (κ3) is 3.08. The van der Waals surface area contributed by atoms with Crippen molar-refractivity contribution in [3.05, 3.63) is 39.5 Å². The normalized spacial score (nSPS) is 13.0. The summed E-state index contributed by atoms with van der Waals surface area (Å²) in [6.45, 7) is 5.06. The molecule has 0 saturated heterocycles. The van der Waals surface area contributed by atoms with E-state index in [1.807, 2.05) is 12.1 Å². The number of rotatable bonds is 3. The van der Waals surface area contributed by atoms with Crippen LogP contribution in [0.15, 0.2) is 22.7 Å². The van der Waals surface area contributed by atoms with E-state index in [-0.39, 0.29) is 12.0 Å². The zero-order chi connectivity index (χ0) is 17.3. The summed E-state index contributed by atoms with van der Waals surface area (Å²) < 4.78 is 6.12. The molecule has 0 radical (unpaired) electrons. The highest BCUT2D eigenvalue weighted by Gasteiger charge is 2.29. The molecule has 0 spiro atoms. The van der Waals surface area contributed by atoms with Gasteiger partial charge in [0.25, 0.3) is 0 Å². The van der Waals surface area contributed by atoms with E-state index >= 15 is 0 Å². The van der Waals surface area contributed by atoms with Gasteiger partial charge in [-0.3, -0.25) is 4.90 Å². The van der Waals surface area contributed by atoms with Crippen LogP contribution in [0.3, 0.4) is 0 Å². The Hall–Kier alpha value is -2.15. The Morgan fingerprint density at radius 2 is 2.12 bits per heavy atom. The molecule has 0 atom stereocenters. The van der Waals surface area contributed by atoms with E-state index in [9.17, 15) is 4.79 Å². The summed E-state index contributed by atoms with van der Waals surface area (Å²) in [6.07, 6.45) is 0.529. The minimum absolute atomic E-state index is 0.222. The number of amides is 1. The molecule has 1 amide bonds. The number of aryl methyl sites for hydroxylation is 1. The van der Waals surface area contributed by atoms with E-state index in [1.54, 1.807) is 11.8 Å². The number of fused-ring (bicyclic) bond motifs is 1. The van der Waals surface area contributed by atoms with E-state index in [4.69, 9.17) is 10.5 Å². The van der Waals surface area contributed by atoms with Gasteiger partial charge in [-0.05, 0) is 31.0 Å². The van der Waals surface area contributed by atoms with Gasteiger partial charge in [0.15, 0.2) is 0 Å². The molecule has 1 aromatic carbocycles. The number of nitrogens with zero attached hydrogens (tertiary/aromatic N) is 3. The molecule has 1 aliphatic heterocycles. The maximum atomic E-state index is 12.0. The molecule has 0 aliphatic carbocycles. The highest BCUT2D eigenvalue weighted by atomic mass is 79.9. The molecule has 126 valence electrons. The summed E-state index contributed by atoms with van der Waals surface area (Å²) in [7, 11) is 0. The van der Waals surface area contributed by atoms with Crippen molar-refractivity contribution < 1.29 is 9.53 Å². The number of nitrogens with two attached hydrogens (primary N) is 1. The Kier molecular flexibility index (Phi) is 4.71. The molecule has 0 unspecified atom stereocenters. The first kappa shape index (κ1) is 16.7. The molecule has 0 fully saturated rings. The Morgan fingerprint density at radius 3 is 2.83 bits per heavy atom. The molecule has 3 rings (SSSR count). The number of benzene rings is 1. The smallest absolute Gasteiger partial charge is 0.410 e. The van der Waals surface area contributed by atoms with Gasteiger partial charge in [0.1, 0.15) is 0 Å². The van der Waals surface area contributed by atoms with Gasteiger partial charge in [-0.25, -0.2) is 14.8 Å². The van der Waals surface area contributed by atoms with Crippen LogP contribution in [-0.4, -0.2) is 27.6 Å². The lowest BCUT2D eigenvalue weighted by molar-refractivity contribution is 0.106. The summed E-state index contributed by atoms with van der Waals surface area (Å²) in [5.41, 5.74) is 10.6. The second-order valence-electron chi connectivity index (χ2n) is 5.57. The molecule has 0 bridgehead atoms. The van der Waals surface area contributed by atoms with Crippen molar-refractivity contribution in [3.8, 4) is 11.3 Å². The minimum atomic E-state index is -0.341. The van der Waals surface area contributed by atoms with Crippen molar-refractivity contribution >= 4 is 28.0 Å². The predicted molar refractivity (Wildman–Crippen MR) is 95.2 cm³/mol. The minimum Gasteiger partial charge on any atom is -0.450 e. The number of anilines is 1. The number of carbonyl (C=O) groups is 1. The molecule has 2 N–H and O–H groups in total. The number of carbonyl (C=O) groups excluding carboxylic acids is 1. The van der Waals surface area contributed by atoms with Crippen LogP contribution in [0.2, 0.25) is 0 Å². The van der Waals surface area contributed by atoms with Crippen molar-refractivity contribution in [1.82, 2.24) is 14.9 Å². The largest absolute Gasteiger partial charge is 0.450 e. The molecular weight excluding hydrogens is 372 g/mol. The van der Waals surface area contributed by atoms with Gasteiger partial charge in [-0.2, -0.15) is 0 Å². The highest BCUT2D eigenvalue weighted by Crippen LogP contribution is 2.34. The molecule has 24 heavy (non-hydrogen) atoms. The lowest BCUT2D eigenvalue weighted by Crippen LogP contribution is -2.26. The topological polar surface area (TPSA) is 81.3 Å². The summed E-state index contributed by atoms with van der Waals surface area (Å²) in [5, 5.41) is 0. The lowest BCUT2D eigenvalue weighted by atomic mass is 9.99. The SMILES string of the molecule is CCOC(=O)N1Cc2nc(N)nc(-c3ccc(Br)cc3CC)c2C1. The van der Waals surface area contributed by atoms with Crippen molar-refractivity contribution in [2.45, 2.75) is 33.4 Å². The van der Waals surface area contributed by atoms with E-state index in [1.165, 1.54) is 5.56 Å². The Morgan fingerprint density at radius 1 is 1.33 bits per heavy atom. The third-order valence-electron chi connectivity index (χ3n) is 4.03. The summed E-state index contributed by atoms with van der Waals surface area (Å²) >= 11 is 3.51. The van der Waals surface area contributed by atoms with E-state index in [2.05, 4.69) is 38.9 Å². The van der Waals surface area contributed by atoms with Gasteiger partial charge >= 0.3 is 6.09 Å². The molecule has 1 aromatic heterocycles. The fourth-order valence-corrected chi connectivity index (χ4v) is 3.33. The van der Waals surface area contributed by atoms with Crippen LogP contribution < -0.4 is 5.73 Å². The average molecular weight is 391 g/mol.